The van der Waals surface area contributed by atoms with Crippen LogP contribution in [0.1, 0.15) is 36.1 Å². The monoisotopic (exact) mass is 304 g/mol. The second-order valence-electron chi connectivity index (χ2n) is 6.42. The Morgan fingerprint density at radius 3 is 2.81 bits per heavy atom. The molecule has 0 aliphatic heterocycles. The van der Waals surface area contributed by atoms with Crippen molar-refractivity contribution in [2.45, 2.75) is 50.9 Å². The summed E-state index contributed by atoms with van der Waals surface area (Å²) in [5.74, 6) is -0.0689. The fraction of sp³-hybridized carbons (Fsp3) is 0.529. The predicted octanol–water partition coefficient (Wildman–Crippen LogP) is 3.89. The summed E-state index contributed by atoms with van der Waals surface area (Å²) in [5, 5.41) is 4.43. The molecule has 4 heteroatoms. The maximum Gasteiger partial charge on any atom is 0.132 e. The normalized spacial score (nSPS) is 18.8. The van der Waals surface area contributed by atoms with Gasteiger partial charge in [0.1, 0.15) is 5.82 Å². The number of fused-ring (bicyclic) bond motifs is 1. The van der Waals surface area contributed by atoms with Crippen molar-refractivity contribution in [1.82, 2.24) is 10.2 Å². The Morgan fingerprint density at radius 2 is 2.10 bits per heavy atom. The van der Waals surface area contributed by atoms with Crippen LogP contribution in [-0.4, -0.2) is 24.0 Å². The Balaban J connectivity index is 1.68. The molecule has 1 aromatic carbocycles. The lowest BCUT2D eigenvalue weighted by Gasteiger charge is -2.17. The van der Waals surface area contributed by atoms with E-state index in [-0.39, 0.29) is 5.82 Å². The molecular formula is C17H21FN2S. The first-order valence-electron chi connectivity index (χ1n) is 7.85. The first kappa shape index (κ1) is 13.7. The summed E-state index contributed by atoms with van der Waals surface area (Å²) in [6.45, 7) is 1.75. The average molecular weight is 304 g/mol. The molecule has 2 aliphatic carbocycles. The van der Waals surface area contributed by atoms with E-state index >= 15 is 0 Å². The summed E-state index contributed by atoms with van der Waals surface area (Å²) in [6.07, 6.45) is 5.15. The van der Waals surface area contributed by atoms with Crippen molar-refractivity contribution < 1.29 is 4.39 Å². The highest BCUT2D eigenvalue weighted by Crippen LogP contribution is 2.36. The van der Waals surface area contributed by atoms with E-state index in [9.17, 15) is 4.39 Å². The van der Waals surface area contributed by atoms with Crippen LogP contribution < -0.4 is 5.32 Å². The maximum atomic E-state index is 14.3. The number of benzene rings is 1. The van der Waals surface area contributed by atoms with Crippen LogP contribution in [0.2, 0.25) is 0 Å². The molecule has 4 rings (SSSR count). The second-order valence-corrected chi connectivity index (χ2v) is 7.55. The van der Waals surface area contributed by atoms with Crippen LogP contribution in [0.25, 0.3) is 10.1 Å². The Kier molecular flexibility index (Phi) is 3.48. The molecule has 2 saturated carbocycles. The van der Waals surface area contributed by atoms with Crippen molar-refractivity contribution in [2.24, 2.45) is 0 Å². The summed E-state index contributed by atoms with van der Waals surface area (Å²) in [6, 6.07) is 6.85. The van der Waals surface area contributed by atoms with Crippen LogP contribution in [0.3, 0.4) is 0 Å². The second kappa shape index (κ2) is 5.34. The molecular weight excluding hydrogens is 283 g/mol. The third-order valence-corrected chi connectivity index (χ3v) is 5.75. The summed E-state index contributed by atoms with van der Waals surface area (Å²) >= 11 is 1.75. The smallest absolute Gasteiger partial charge is 0.132 e. The summed E-state index contributed by atoms with van der Waals surface area (Å²) in [7, 11) is 2.17. The number of hydrogen-bond acceptors (Lipinski definition) is 3. The highest BCUT2D eigenvalue weighted by molar-refractivity contribution is 7.19. The number of nitrogens with one attached hydrogen (secondary N) is 1. The molecule has 1 N–H and O–H groups in total. The van der Waals surface area contributed by atoms with Gasteiger partial charge in [-0.1, -0.05) is 6.07 Å². The SMILES string of the molecule is CN(Cc1c(CNC2CC2)sc2cccc(F)c12)C1CC1. The van der Waals surface area contributed by atoms with Gasteiger partial charge in [0.05, 0.1) is 0 Å². The van der Waals surface area contributed by atoms with Crippen LogP contribution in [0.15, 0.2) is 18.2 Å². The highest BCUT2D eigenvalue weighted by atomic mass is 32.1. The molecule has 0 amide bonds. The van der Waals surface area contributed by atoms with Gasteiger partial charge in [0.15, 0.2) is 0 Å². The number of halogens is 1. The van der Waals surface area contributed by atoms with E-state index in [1.807, 2.05) is 12.1 Å². The standard InChI is InChI=1S/C17H21FN2S/c1-20(12-7-8-12)10-13-16(9-19-11-5-6-11)21-15-4-2-3-14(18)17(13)15/h2-4,11-12,19H,5-10H2,1H3. The molecule has 0 bridgehead atoms. The lowest BCUT2D eigenvalue weighted by Crippen LogP contribution is -2.22. The molecule has 0 atom stereocenters. The molecule has 0 saturated heterocycles. The Bertz CT molecular complexity index is 658. The zero-order chi connectivity index (χ0) is 14.4. The van der Waals surface area contributed by atoms with Gasteiger partial charge in [-0.25, -0.2) is 4.39 Å². The third kappa shape index (κ3) is 2.85. The number of thiophene rings is 1. The highest BCUT2D eigenvalue weighted by Gasteiger charge is 2.28. The van der Waals surface area contributed by atoms with Crippen LogP contribution in [0.5, 0.6) is 0 Å². The van der Waals surface area contributed by atoms with Gasteiger partial charge in [-0.2, -0.15) is 0 Å². The molecule has 2 nitrogen and oxygen atoms in total. The fourth-order valence-corrected chi connectivity index (χ4v) is 4.12. The number of rotatable bonds is 6. The van der Waals surface area contributed by atoms with E-state index in [1.54, 1.807) is 17.4 Å². The van der Waals surface area contributed by atoms with E-state index in [4.69, 9.17) is 0 Å². The van der Waals surface area contributed by atoms with Gasteiger partial charge in [0, 0.05) is 40.1 Å². The van der Waals surface area contributed by atoms with E-state index in [1.165, 1.54) is 36.1 Å². The maximum absolute atomic E-state index is 14.3. The van der Waals surface area contributed by atoms with Crippen molar-refractivity contribution in [1.29, 1.82) is 0 Å². The van der Waals surface area contributed by atoms with Gasteiger partial charge in [-0.15, -0.1) is 11.3 Å². The largest absolute Gasteiger partial charge is 0.309 e. The minimum absolute atomic E-state index is 0.0689. The predicted molar refractivity (Wildman–Crippen MR) is 86.1 cm³/mol. The van der Waals surface area contributed by atoms with Crippen LogP contribution in [-0.2, 0) is 13.1 Å². The van der Waals surface area contributed by atoms with Crippen LogP contribution >= 0.6 is 11.3 Å². The lowest BCUT2D eigenvalue weighted by atomic mass is 10.1. The molecule has 0 spiro atoms. The molecule has 112 valence electrons. The van der Waals surface area contributed by atoms with E-state index < -0.39 is 0 Å². The molecule has 2 aromatic rings. The lowest BCUT2D eigenvalue weighted by molar-refractivity contribution is 0.316. The summed E-state index contributed by atoms with van der Waals surface area (Å²) in [5.41, 5.74) is 1.20. The van der Waals surface area contributed by atoms with Gasteiger partial charge in [-0.3, -0.25) is 4.90 Å². The van der Waals surface area contributed by atoms with Gasteiger partial charge >= 0.3 is 0 Å². The molecule has 2 aliphatic rings. The molecule has 2 fully saturated rings. The zero-order valence-electron chi connectivity index (χ0n) is 12.4. The van der Waals surface area contributed by atoms with Crippen molar-refractivity contribution >= 4 is 21.4 Å². The first-order chi connectivity index (χ1) is 10.2. The van der Waals surface area contributed by atoms with E-state index in [2.05, 4.69) is 17.3 Å². The third-order valence-electron chi connectivity index (χ3n) is 4.55. The number of hydrogen-bond donors (Lipinski definition) is 1. The van der Waals surface area contributed by atoms with Crippen molar-refractivity contribution in [3.8, 4) is 0 Å². The molecule has 1 heterocycles. The molecule has 0 unspecified atom stereocenters. The van der Waals surface area contributed by atoms with Crippen LogP contribution in [0, 0.1) is 5.82 Å². The molecule has 21 heavy (non-hydrogen) atoms. The van der Waals surface area contributed by atoms with Gasteiger partial charge in [0.25, 0.3) is 0 Å². The van der Waals surface area contributed by atoms with Gasteiger partial charge in [-0.05, 0) is 50.4 Å². The fourth-order valence-electron chi connectivity index (χ4n) is 2.94. The molecule has 1 aromatic heterocycles. The minimum Gasteiger partial charge on any atom is -0.309 e. The van der Waals surface area contributed by atoms with E-state index in [0.29, 0.717) is 12.1 Å². The Labute approximate surface area is 129 Å². The minimum atomic E-state index is -0.0689. The Morgan fingerprint density at radius 1 is 1.29 bits per heavy atom. The van der Waals surface area contributed by atoms with Crippen LogP contribution in [0.4, 0.5) is 4.39 Å². The topological polar surface area (TPSA) is 15.3 Å². The van der Waals surface area contributed by atoms with Gasteiger partial charge in [0.2, 0.25) is 0 Å². The van der Waals surface area contributed by atoms with E-state index in [0.717, 1.165) is 23.2 Å². The Hall–Kier alpha value is -0.970. The summed E-state index contributed by atoms with van der Waals surface area (Å²) < 4.78 is 15.4. The molecule has 0 radical (unpaired) electrons. The zero-order valence-corrected chi connectivity index (χ0v) is 13.2. The quantitative estimate of drug-likeness (QED) is 0.871. The number of nitrogens with zero attached hydrogens (tertiary/aromatic N) is 1. The van der Waals surface area contributed by atoms with Crippen molar-refractivity contribution in [3.05, 3.63) is 34.5 Å². The van der Waals surface area contributed by atoms with Crippen molar-refractivity contribution in [2.75, 3.05) is 7.05 Å². The first-order valence-corrected chi connectivity index (χ1v) is 8.66. The van der Waals surface area contributed by atoms with Crippen molar-refractivity contribution in [3.63, 3.8) is 0 Å². The van der Waals surface area contributed by atoms with Gasteiger partial charge < -0.3 is 5.32 Å². The average Bonchev–Trinajstić information content (AvgIpc) is 3.35. The summed E-state index contributed by atoms with van der Waals surface area (Å²) in [4.78, 5) is 3.70.